The van der Waals surface area contributed by atoms with Crippen LogP contribution in [0.2, 0.25) is 0 Å². The van der Waals surface area contributed by atoms with Crippen molar-refractivity contribution in [2.24, 2.45) is 5.10 Å². The molecule has 3 aromatic carbocycles. The average molecular weight is 390 g/mol. The van der Waals surface area contributed by atoms with Gasteiger partial charge >= 0.3 is 0 Å². The molecule has 0 aliphatic heterocycles. The third-order valence-electron chi connectivity index (χ3n) is 4.13. The van der Waals surface area contributed by atoms with Gasteiger partial charge in [0.05, 0.1) is 20.4 Å². The SMILES string of the molecule is COc1cccc(C=NNC(=O)c2ccc(OCc3cccc(OC)c3)cc2)c1. The fraction of sp³-hybridized carbons (Fsp3) is 0.130. The number of hydrogen-bond acceptors (Lipinski definition) is 5. The van der Waals surface area contributed by atoms with E-state index in [0.29, 0.717) is 17.9 Å². The molecule has 0 heterocycles. The lowest BCUT2D eigenvalue weighted by Gasteiger charge is -2.08. The van der Waals surface area contributed by atoms with Gasteiger partial charge < -0.3 is 14.2 Å². The highest BCUT2D eigenvalue weighted by Crippen LogP contribution is 2.17. The van der Waals surface area contributed by atoms with Crippen LogP contribution in [0.5, 0.6) is 17.2 Å². The molecule has 0 bridgehead atoms. The Morgan fingerprint density at radius 2 is 1.59 bits per heavy atom. The van der Waals surface area contributed by atoms with Crippen molar-refractivity contribution in [1.82, 2.24) is 5.43 Å². The Bertz CT molecular complexity index is 984. The highest BCUT2D eigenvalue weighted by molar-refractivity contribution is 5.95. The minimum atomic E-state index is -0.302. The summed E-state index contributed by atoms with van der Waals surface area (Å²) in [6.45, 7) is 0.410. The van der Waals surface area contributed by atoms with Crippen LogP contribution in [0.15, 0.2) is 77.9 Å². The number of nitrogens with zero attached hydrogens (tertiary/aromatic N) is 1. The van der Waals surface area contributed by atoms with E-state index in [0.717, 1.165) is 22.6 Å². The van der Waals surface area contributed by atoms with Crippen molar-refractivity contribution in [3.05, 3.63) is 89.5 Å². The number of benzene rings is 3. The number of hydrogen-bond donors (Lipinski definition) is 1. The van der Waals surface area contributed by atoms with Gasteiger partial charge in [-0.05, 0) is 59.7 Å². The summed E-state index contributed by atoms with van der Waals surface area (Å²) in [6, 6.07) is 21.9. The normalized spacial score (nSPS) is 10.6. The highest BCUT2D eigenvalue weighted by Gasteiger charge is 2.05. The third kappa shape index (κ3) is 5.84. The molecule has 6 heteroatoms. The zero-order valence-electron chi connectivity index (χ0n) is 16.3. The molecule has 0 radical (unpaired) electrons. The number of amides is 1. The monoisotopic (exact) mass is 390 g/mol. The van der Waals surface area contributed by atoms with E-state index < -0.39 is 0 Å². The summed E-state index contributed by atoms with van der Waals surface area (Å²) in [5.41, 5.74) is 4.82. The highest BCUT2D eigenvalue weighted by atomic mass is 16.5. The van der Waals surface area contributed by atoms with Crippen molar-refractivity contribution in [2.75, 3.05) is 14.2 Å². The molecule has 6 nitrogen and oxygen atoms in total. The van der Waals surface area contributed by atoms with Gasteiger partial charge in [-0.1, -0.05) is 24.3 Å². The maximum Gasteiger partial charge on any atom is 0.271 e. The summed E-state index contributed by atoms with van der Waals surface area (Å²) in [5.74, 6) is 1.88. The first kappa shape index (κ1) is 19.9. The molecule has 148 valence electrons. The minimum Gasteiger partial charge on any atom is -0.497 e. The van der Waals surface area contributed by atoms with Gasteiger partial charge in [0, 0.05) is 5.56 Å². The summed E-state index contributed by atoms with van der Waals surface area (Å²) in [5, 5.41) is 3.98. The molecule has 0 unspecified atom stereocenters. The summed E-state index contributed by atoms with van der Waals surface area (Å²) < 4.78 is 16.1. The zero-order chi connectivity index (χ0) is 20.5. The van der Waals surface area contributed by atoms with Crippen molar-refractivity contribution in [3.63, 3.8) is 0 Å². The third-order valence-corrected chi connectivity index (χ3v) is 4.13. The number of ether oxygens (including phenoxy) is 3. The molecule has 0 atom stereocenters. The summed E-state index contributed by atoms with van der Waals surface area (Å²) in [6.07, 6.45) is 1.56. The van der Waals surface area contributed by atoms with Gasteiger partial charge in [-0.2, -0.15) is 5.10 Å². The van der Waals surface area contributed by atoms with E-state index in [1.54, 1.807) is 44.7 Å². The van der Waals surface area contributed by atoms with Gasteiger partial charge in [-0.3, -0.25) is 4.79 Å². The second-order valence-corrected chi connectivity index (χ2v) is 6.14. The lowest BCUT2D eigenvalue weighted by molar-refractivity contribution is 0.0955. The van der Waals surface area contributed by atoms with Gasteiger partial charge in [0.25, 0.3) is 5.91 Å². The van der Waals surface area contributed by atoms with Gasteiger partial charge in [0.2, 0.25) is 0 Å². The summed E-state index contributed by atoms with van der Waals surface area (Å²) >= 11 is 0. The number of nitrogens with one attached hydrogen (secondary N) is 1. The van der Waals surface area contributed by atoms with Crippen molar-refractivity contribution < 1.29 is 19.0 Å². The van der Waals surface area contributed by atoms with Crippen LogP contribution in [-0.4, -0.2) is 26.3 Å². The molecular weight excluding hydrogens is 368 g/mol. The van der Waals surface area contributed by atoms with Crippen LogP contribution in [0.3, 0.4) is 0 Å². The van der Waals surface area contributed by atoms with E-state index in [1.807, 2.05) is 48.5 Å². The molecule has 0 saturated heterocycles. The number of carbonyl (C=O) groups is 1. The van der Waals surface area contributed by atoms with Crippen LogP contribution in [-0.2, 0) is 6.61 Å². The molecule has 3 rings (SSSR count). The Hall–Kier alpha value is -3.80. The fourth-order valence-electron chi connectivity index (χ4n) is 2.58. The Morgan fingerprint density at radius 3 is 2.31 bits per heavy atom. The van der Waals surface area contributed by atoms with E-state index in [-0.39, 0.29) is 5.91 Å². The molecule has 1 amide bonds. The van der Waals surface area contributed by atoms with E-state index in [4.69, 9.17) is 14.2 Å². The first-order valence-electron chi connectivity index (χ1n) is 9.01. The molecule has 0 fully saturated rings. The minimum absolute atomic E-state index is 0.302. The smallest absolute Gasteiger partial charge is 0.271 e. The predicted molar refractivity (Wildman–Crippen MR) is 112 cm³/mol. The molecule has 0 spiro atoms. The van der Waals surface area contributed by atoms with Crippen molar-refractivity contribution in [2.45, 2.75) is 6.61 Å². The molecule has 0 aliphatic carbocycles. The molecule has 0 aromatic heterocycles. The Morgan fingerprint density at radius 1 is 0.897 bits per heavy atom. The molecule has 1 N–H and O–H groups in total. The van der Waals surface area contributed by atoms with Gasteiger partial charge in [-0.25, -0.2) is 5.43 Å². The predicted octanol–water partition coefficient (Wildman–Crippen LogP) is 4.05. The maximum atomic E-state index is 12.2. The quantitative estimate of drug-likeness (QED) is 0.465. The number of rotatable bonds is 8. The van der Waals surface area contributed by atoms with Crippen LogP contribution in [0.1, 0.15) is 21.5 Å². The second kappa shape index (κ2) is 9.94. The number of hydrazone groups is 1. The molecule has 0 aliphatic rings. The standard InChI is InChI=1S/C23H22N2O4/c1-27-21-7-3-5-17(13-21)15-24-25-23(26)19-9-11-20(12-10-19)29-16-18-6-4-8-22(14-18)28-2/h3-15H,16H2,1-2H3,(H,25,26). The average Bonchev–Trinajstić information content (AvgIpc) is 2.78. The first-order valence-corrected chi connectivity index (χ1v) is 9.01. The van der Waals surface area contributed by atoms with Crippen LogP contribution in [0.25, 0.3) is 0 Å². The van der Waals surface area contributed by atoms with Crippen LogP contribution < -0.4 is 19.6 Å². The number of methoxy groups -OCH3 is 2. The van der Waals surface area contributed by atoms with E-state index in [1.165, 1.54) is 0 Å². The van der Waals surface area contributed by atoms with Gasteiger partial charge in [0.1, 0.15) is 23.9 Å². The Labute approximate surface area is 169 Å². The number of carbonyl (C=O) groups excluding carboxylic acids is 1. The molecule has 0 saturated carbocycles. The first-order chi connectivity index (χ1) is 14.2. The zero-order valence-corrected chi connectivity index (χ0v) is 16.3. The molecule has 3 aromatic rings. The summed E-state index contributed by atoms with van der Waals surface area (Å²) in [7, 11) is 3.23. The Kier molecular flexibility index (Phi) is 6.84. The van der Waals surface area contributed by atoms with E-state index in [9.17, 15) is 4.79 Å². The van der Waals surface area contributed by atoms with Gasteiger partial charge in [0.15, 0.2) is 0 Å². The van der Waals surface area contributed by atoms with Crippen molar-refractivity contribution >= 4 is 12.1 Å². The van der Waals surface area contributed by atoms with Gasteiger partial charge in [-0.15, -0.1) is 0 Å². The lowest BCUT2D eigenvalue weighted by atomic mass is 10.2. The van der Waals surface area contributed by atoms with Crippen molar-refractivity contribution in [1.29, 1.82) is 0 Å². The van der Waals surface area contributed by atoms with E-state index >= 15 is 0 Å². The fourth-order valence-corrected chi connectivity index (χ4v) is 2.58. The molecular formula is C23H22N2O4. The topological polar surface area (TPSA) is 69.2 Å². The van der Waals surface area contributed by atoms with E-state index in [2.05, 4.69) is 10.5 Å². The molecule has 29 heavy (non-hydrogen) atoms. The summed E-state index contributed by atoms with van der Waals surface area (Å²) in [4.78, 5) is 12.2. The van der Waals surface area contributed by atoms with Crippen LogP contribution in [0, 0.1) is 0 Å². The van der Waals surface area contributed by atoms with Crippen LogP contribution in [0.4, 0.5) is 0 Å². The van der Waals surface area contributed by atoms with Crippen LogP contribution >= 0.6 is 0 Å². The largest absolute Gasteiger partial charge is 0.497 e. The maximum absolute atomic E-state index is 12.2. The Balaban J connectivity index is 1.53. The van der Waals surface area contributed by atoms with Crippen molar-refractivity contribution in [3.8, 4) is 17.2 Å². The second-order valence-electron chi connectivity index (χ2n) is 6.14. The lowest BCUT2D eigenvalue weighted by Crippen LogP contribution is -2.17.